The van der Waals surface area contributed by atoms with Gasteiger partial charge in [-0.3, -0.25) is 9.59 Å². The van der Waals surface area contributed by atoms with Gasteiger partial charge < -0.3 is 11.1 Å². The van der Waals surface area contributed by atoms with Crippen LogP contribution in [0.2, 0.25) is 5.02 Å². The van der Waals surface area contributed by atoms with E-state index in [0.717, 1.165) is 10.0 Å². The van der Waals surface area contributed by atoms with Crippen LogP contribution in [0, 0.1) is 0 Å². The van der Waals surface area contributed by atoms with Gasteiger partial charge in [-0.25, -0.2) is 0 Å². The molecular formula is C11H12BrClN2O2. The number of halogens is 2. The molecule has 0 aliphatic carbocycles. The smallest absolute Gasteiger partial charge is 0.240 e. The highest BCUT2D eigenvalue weighted by Crippen LogP contribution is 2.22. The summed E-state index contributed by atoms with van der Waals surface area (Å²) < 4.78 is 0.818. The number of nitrogens with two attached hydrogens (primary N) is 1. The van der Waals surface area contributed by atoms with Gasteiger partial charge in [-0.15, -0.1) is 0 Å². The van der Waals surface area contributed by atoms with Gasteiger partial charge in [0.25, 0.3) is 0 Å². The van der Waals surface area contributed by atoms with Gasteiger partial charge in [-0.1, -0.05) is 27.5 Å². The number of primary amides is 1. The molecular weight excluding hydrogens is 307 g/mol. The lowest BCUT2D eigenvalue weighted by atomic mass is 10.1. The van der Waals surface area contributed by atoms with E-state index in [1.807, 2.05) is 0 Å². The SMILES string of the molecule is CC(=O)N[C@H](Cc1cc(Cl)ccc1Br)C(N)=O. The fraction of sp³-hybridized carbons (Fsp3) is 0.273. The van der Waals surface area contributed by atoms with E-state index in [1.54, 1.807) is 18.2 Å². The summed E-state index contributed by atoms with van der Waals surface area (Å²) in [5.41, 5.74) is 6.03. The Labute approximate surface area is 113 Å². The molecule has 1 atom stereocenters. The van der Waals surface area contributed by atoms with Crippen molar-refractivity contribution in [1.82, 2.24) is 5.32 Å². The van der Waals surface area contributed by atoms with Crippen LogP contribution in [0.3, 0.4) is 0 Å². The van der Waals surface area contributed by atoms with Crippen LogP contribution < -0.4 is 11.1 Å². The van der Waals surface area contributed by atoms with E-state index in [1.165, 1.54) is 6.92 Å². The molecule has 0 aliphatic rings. The van der Waals surface area contributed by atoms with Crippen LogP contribution >= 0.6 is 27.5 Å². The molecule has 0 aromatic heterocycles. The van der Waals surface area contributed by atoms with E-state index in [4.69, 9.17) is 17.3 Å². The Bertz CT molecular complexity index is 451. The van der Waals surface area contributed by atoms with Crippen molar-refractivity contribution in [2.75, 3.05) is 0 Å². The number of nitrogens with one attached hydrogen (secondary N) is 1. The number of amides is 2. The number of hydrogen-bond acceptors (Lipinski definition) is 2. The van der Waals surface area contributed by atoms with Crippen molar-refractivity contribution in [3.05, 3.63) is 33.3 Å². The number of benzene rings is 1. The number of carbonyl (C=O) groups excluding carboxylic acids is 2. The van der Waals surface area contributed by atoms with E-state index >= 15 is 0 Å². The fourth-order valence-electron chi connectivity index (χ4n) is 1.39. The second-order valence-electron chi connectivity index (χ2n) is 3.60. The molecule has 4 nitrogen and oxygen atoms in total. The zero-order chi connectivity index (χ0) is 13.0. The summed E-state index contributed by atoms with van der Waals surface area (Å²) in [4.78, 5) is 22.1. The molecule has 1 aromatic carbocycles. The number of hydrogen-bond donors (Lipinski definition) is 2. The minimum Gasteiger partial charge on any atom is -0.368 e. The third-order valence-electron chi connectivity index (χ3n) is 2.15. The van der Waals surface area contributed by atoms with Crippen LogP contribution in [-0.4, -0.2) is 17.9 Å². The minimum absolute atomic E-state index is 0.299. The van der Waals surface area contributed by atoms with Gasteiger partial charge in [0, 0.05) is 22.8 Å². The van der Waals surface area contributed by atoms with Crippen molar-refractivity contribution in [3.8, 4) is 0 Å². The quantitative estimate of drug-likeness (QED) is 0.885. The first-order valence-corrected chi connectivity index (χ1v) is 6.07. The van der Waals surface area contributed by atoms with E-state index in [9.17, 15) is 9.59 Å². The van der Waals surface area contributed by atoms with Crippen LogP contribution in [-0.2, 0) is 16.0 Å². The highest BCUT2D eigenvalue weighted by atomic mass is 79.9. The minimum atomic E-state index is -0.734. The monoisotopic (exact) mass is 318 g/mol. The molecule has 1 aromatic rings. The Morgan fingerprint density at radius 1 is 1.53 bits per heavy atom. The Balaban J connectivity index is 2.89. The molecule has 0 radical (unpaired) electrons. The third kappa shape index (κ3) is 4.36. The molecule has 0 saturated carbocycles. The Morgan fingerprint density at radius 2 is 2.18 bits per heavy atom. The first kappa shape index (κ1) is 14.0. The van der Waals surface area contributed by atoms with Crippen LogP contribution in [0.5, 0.6) is 0 Å². The van der Waals surface area contributed by atoms with Gasteiger partial charge in [-0.05, 0) is 23.8 Å². The summed E-state index contributed by atoms with van der Waals surface area (Å²) in [5, 5.41) is 3.06. The lowest BCUT2D eigenvalue weighted by Crippen LogP contribution is -2.45. The Morgan fingerprint density at radius 3 is 2.71 bits per heavy atom. The van der Waals surface area contributed by atoms with Crippen molar-refractivity contribution < 1.29 is 9.59 Å². The molecule has 3 N–H and O–H groups in total. The van der Waals surface area contributed by atoms with E-state index in [0.29, 0.717) is 11.4 Å². The molecule has 2 amide bonds. The first-order valence-electron chi connectivity index (χ1n) is 4.90. The highest BCUT2D eigenvalue weighted by molar-refractivity contribution is 9.10. The van der Waals surface area contributed by atoms with Crippen LogP contribution in [0.4, 0.5) is 0 Å². The van der Waals surface area contributed by atoms with Crippen molar-refractivity contribution in [2.24, 2.45) is 5.73 Å². The number of carbonyl (C=O) groups is 2. The lowest BCUT2D eigenvalue weighted by molar-refractivity contribution is -0.126. The first-order chi connectivity index (χ1) is 7.90. The summed E-state index contributed by atoms with van der Waals surface area (Å²) in [7, 11) is 0. The van der Waals surface area contributed by atoms with Gasteiger partial charge in [0.2, 0.25) is 11.8 Å². The second-order valence-corrected chi connectivity index (χ2v) is 4.89. The predicted molar refractivity (Wildman–Crippen MR) is 69.7 cm³/mol. The normalized spacial score (nSPS) is 11.9. The molecule has 0 saturated heterocycles. The summed E-state index contributed by atoms with van der Waals surface area (Å²) in [6, 6.07) is 4.50. The van der Waals surface area contributed by atoms with Crippen LogP contribution in [0.25, 0.3) is 0 Å². The van der Waals surface area contributed by atoms with Gasteiger partial charge in [0.1, 0.15) is 6.04 Å². The topological polar surface area (TPSA) is 72.2 Å². The average Bonchev–Trinajstić information content (AvgIpc) is 2.21. The Kier molecular flexibility index (Phi) is 4.96. The van der Waals surface area contributed by atoms with Crippen LogP contribution in [0.1, 0.15) is 12.5 Å². The molecule has 0 unspecified atom stereocenters. The zero-order valence-electron chi connectivity index (χ0n) is 9.17. The zero-order valence-corrected chi connectivity index (χ0v) is 11.5. The van der Waals surface area contributed by atoms with Gasteiger partial charge in [0.05, 0.1) is 0 Å². The van der Waals surface area contributed by atoms with Crippen molar-refractivity contribution in [3.63, 3.8) is 0 Å². The predicted octanol–water partition coefficient (Wildman–Crippen LogP) is 1.63. The molecule has 92 valence electrons. The van der Waals surface area contributed by atoms with Crippen LogP contribution in [0.15, 0.2) is 22.7 Å². The summed E-state index contributed by atoms with van der Waals surface area (Å²) in [6.07, 6.45) is 0.302. The van der Waals surface area contributed by atoms with Crippen molar-refractivity contribution in [2.45, 2.75) is 19.4 Å². The van der Waals surface area contributed by atoms with Crippen molar-refractivity contribution in [1.29, 1.82) is 0 Å². The van der Waals surface area contributed by atoms with Crippen molar-refractivity contribution >= 4 is 39.3 Å². The molecule has 0 heterocycles. The standard InChI is InChI=1S/C11H12BrClN2O2/c1-6(16)15-10(11(14)17)5-7-4-8(13)2-3-9(7)12/h2-4,10H,5H2,1H3,(H2,14,17)(H,15,16)/t10-/m1/s1. The molecule has 17 heavy (non-hydrogen) atoms. The molecule has 0 bridgehead atoms. The fourth-order valence-corrected chi connectivity index (χ4v) is 1.99. The van der Waals surface area contributed by atoms with Gasteiger partial charge in [0.15, 0.2) is 0 Å². The summed E-state index contributed by atoms with van der Waals surface area (Å²) in [5.74, 6) is -0.876. The second kappa shape index (κ2) is 6.02. The maximum Gasteiger partial charge on any atom is 0.240 e. The van der Waals surface area contributed by atoms with E-state index in [2.05, 4.69) is 21.2 Å². The maximum atomic E-state index is 11.2. The molecule has 0 fully saturated rings. The van der Waals surface area contributed by atoms with E-state index in [-0.39, 0.29) is 5.91 Å². The van der Waals surface area contributed by atoms with Gasteiger partial charge in [-0.2, -0.15) is 0 Å². The molecule has 1 rings (SSSR count). The molecule has 0 aliphatic heterocycles. The summed E-state index contributed by atoms with van der Waals surface area (Å²) in [6.45, 7) is 1.34. The summed E-state index contributed by atoms with van der Waals surface area (Å²) >= 11 is 9.21. The maximum absolute atomic E-state index is 11.2. The largest absolute Gasteiger partial charge is 0.368 e. The van der Waals surface area contributed by atoms with Gasteiger partial charge >= 0.3 is 0 Å². The average molecular weight is 320 g/mol. The highest BCUT2D eigenvalue weighted by Gasteiger charge is 2.18. The molecule has 0 spiro atoms. The number of rotatable bonds is 4. The Hall–Kier alpha value is -1.07. The van der Waals surface area contributed by atoms with E-state index < -0.39 is 11.9 Å². The third-order valence-corrected chi connectivity index (χ3v) is 3.16. The molecule has 6 heteroatoms. The lowest BCUT2D eigenvalue weighted by Gasteiger charge is -2.15.